The van der Waals surface area contributed by atoms with E-state index in [-0.39, 0.29) is 4.90 Å². The summed E-state index contributed by atoms with van der Waals surface area (Å²) in [6.45, 7) is 4.13. The summed E-state index contributed by atoms with van der Waals surface area (Å²) in [6.07, 6.45) is 1.72. The van der Waals surface area contributed by atoms with E-state index in [0.717, 1.165) is 23.1 Å². The summed E-state index contributed by atoms with van der Waals surface area (Å²) in [6, 6.07) is 11.6. The highest BCUT2D eigenvalue weighted by Crippen LogP contribution is 2.26. The molecule has 33 heavy (non-hydrogen) atoms. The van der Waals surface area contributed by atoms with Crippen molar-refractivity contribution in [3.05, 3.63) is 57.9 Å². The van der Waals surface area contributed by atoms with E-state index in [9.17, 15) is 13.2 Å². The highest BCUT2D eigenvalue weighted by atomic mass is 35.5. The second kappa shape index (κ2) is 10.1. The van der Waals surface area contributed by atoms with E-state index in [1.165, 1.54) is 39.9 Å². The molecule has 2 heterocycles. The third kappa shape index (κ3) is 5.07. The molecular weight excluding hydrogens is 482 g/mol. The Morgan fingerprint density at radius 3 is 2.55 bits per heavy atom. The number of para-hydroxylation sites is 1. The van der Waals surface area contributed by atoms with Gasteiger partial charge in [-0.3, -0.25) is 4.79 Å². The molecule has 0 N–H and O–H groups in total. The number of carbonyl (C=O) groups excluding carboxylic acids is 1. The number of halogens is 1. The minimum absolute atomic E-state index is 0.192. The molecular formula is C23H26ClN3O4S2. The fraction of sp³-hybridized carbons (Fsp3) is 0.391. The first-order valence-corrected chi connectivity index (χ1v) is 13.4. The van der Waals surface area contributed by atoms with E-state index in [1.54, 1.807) is 13.2 Å². The molecule has 1 saturated heterocycles. The molecule has 0 aliphatic carbocycles. The zero-order valence-corrected chi connectivity index (χ0v) is 20.9. The van der Waals surface area contributed by atoms with Gasteiger partial charge in [-0.05, 0) is 55.2 Å². The molecule has 176 valence electrons. The van der Waals surface area contributed by atoms with Crippen molar-refractivity contribution in [2.24, 2.45) is 10.9 Å². The maximum Gasteiger partial charge on any atom is 0.279 e. The lowest BCUT2D eigenvalue weighted by molar-refractivity contribution is 0.0997. The molecule has 0 spiro atoms. The average Bonchev–Trinajstić information content (AvgIpc) is 3.16. The molecule has 0 saturated carbocycles. The number of amides is 1. The van der Waals surface area contributed by atoms with Crippen LogP contribution in [-0.4, -0.2) is 50.0 Å². The number of piperidine rings is 1. The lowest BCUT2D eigenvalue weighted by Crippen LogP contribution is -2.37. The summed E-state index contributed by atoms with van der Waals surface area (Å²) in [7, 11) is -1.96. The molecule has 1 aliphatic rings. The van der Waals surface area contributed by atoms with Crippen molar-refractivity contribution in [3.8, 4) is 0 Å². The molecule has 1 aliphatic heterocycles. The third-order valence-corrected chi connectivity index (χ3v) is 9.11. The summed E-state index contributed by atoms with van der Waals surface area (Å²) >= 11 is 7.77. The molecule has 0 unspecified atom stereocenters. The first kappa shape index (κ1) is 24.1. The summed E-state index contributed by atoms with van der Waals surface area (Å²) < 4.78 is 35.4. The van der Waals surface area contributed by atoms with Crippen molar-refractivity contribution in [1.82, 2.24) is 8.87 Å². The highest BCUT2D eigenvalue weighted by molar-refractivity contribution is 7.89. The minimum atomic E-state index is -3.57. The largest absolute Gasteiger partial charge is 0.383 e. The smallest absolute Gasteiger partial charge is 0.279 e. The molecule has 1 amide bonds. The number of hydrogen-bond acceptors (Lipinski definition) is 5. The minimum Gasteiger partial charge on any atom is -0.383 e. The van der Waals surface area contributed by atoms with Gasteiger partial charge in [0.1, 0.15) is 0 Å². The van der Waals surface area contributed by atoms with Crippen LogP contribution in [0.4, 0.5) is 0 Å². The SMILES string of the molecule is COCCn1c(=NC(=O)c2ccc(S(=O)(=O)N3CCC(C)CC3)cc2)sc2cccc(Cl)c21. The van der Waals surface area contributed by atoms with Gasteiger partial charge in [0, 0.05) is 32.3 Å². The van der Waals surface area contributed by atoms with Crippen molar-refractivity contribution in [1.29, 1.82) is 0 Å². The quantitative estimate of drug-likeness (QED) is 0.501. The van der Waals surface area contributed by atoms with Gasteiger partial charge in [0.25, 0.3) is 5.91 Å². The summed E-state index contributed by atoms with van der Waals surface area (Å²) in [4.78, 5) is 17.9. The van der Waals surface area contributed by atoms with Crippen LogP contribution in [0, 0.1) is 5.92 Å². The monoisotopic (exact) mass is 507 g/mol. The van der Waals surface area contributed by atoms with Crippen molar-refractivity contribution in [2.45, 2.75) is 31.2 Å². The number of rotatable bonds is 6. The Morgan fingerprint density at radius 1 is 1.18 bits per heavy atom. The Labute approximate surface area is 202 Å². The number of nitrogens with zero attached hydrogens (tertiary/aromatic N) is 3. The van der Waals surface area contributed by atoms with Crippen LogP contribution < -0.4 is 4.80 Å². The molecule has 0 atom stereocenters. The average molecular weight is 508 g/mol. The van der Waals surface area contributed by atoms with Gasteiger partial charge in [0.05, 0.1) is 26.7 Å². The Bertz CT molecular complexity index is 1320. The van der Waals surface area contributed by atoms with Gasteiger partial charge in [-0.15, -0.1) is 0 Å². The van der Waals surface area contributed by atoms with E-state index in [0.29, 0.717) is 47.5 Å². The molecule has 3 aromatic rings. The van der Waals surface area contributed by atoms with E-state index < -0.39 is 15.9 Å². The summed E-state index contributed by atoms with van der Waals surface area (Å²) in [5.41, 5.74) is 1.13. The van der Waals surface area contributed by atoms with Crippen LogP contribution in [0.3, 0.4) is 0 Å². The topological polar surface area (TPSA) is 81.0 Å². The van der Waals surface area contributed by atoms with Crippen molar-refractivity contribution in [2.75, 3.05) is 26.8 Å². The standard InChI is InChI=1S/C23H26ClN3O4S2/c1-16-10-12-26(13-11-16)33(29,30)18-8-6-17(7-9-18)22(28)25-23-27(14-15-31-2)21-19(24)4-3-5-20(21)32-23/h3-9,16H,10-15H2,1-2H3. The molecule has 1 fully saturated rings. The van der Waals surface area contributed by atoms with Crippen LogP contribution in [0.1, 0.15) is 30.1 Å². The number of ether oxygens (including phenoxy) is 1. The molecule has 0 bridgehead atoms. The van der Waals surface area contributed by atoms with Crippen LogP contribution in [0.25, 0.3) is 10.2 Å². The Balaban J connectivity index is 1.63. The third-order valence-electron chi connectivity index (χ3n) is 5.85. The van der Waals surface area contributed by atoms with Gasteiger partial charge in [-0.2, -0.15) is 9.30 Å². The van der Waals surface area contributed by atoms with Crippen LogP contribution in [-0.2, 0) is 21.3 Å². The maximum absolute atomic E-state index is 12.9. The van der Waals surface area contributed by atoms with Gasteiger partial charge < -0.3 is 9.30 Å². The van der Waals surface area contributed by atoms with Crippen LogP contribution in [0.5, 0.6) is 0 Å². The fourth-order valence-corrected chi connectivity index (χ4v) is 6.74. The fourth-order valence-electron chi connectivity index (χ4n) is 3.86. The summed E-state index contributed by atoms with van der Waals surface area (Å²) in [5, 5.41) is 0.579. The number of aromatic nitrogens is 1. The summed E-state index contributed by atoms with van der Waals surface area (Å²) in [5.74, 6) is 0.0908. The number of benzene rings is 2. The molecule has 1 aromatic heterocycles. The van der Waals surface area contributed by atoms with Crippen molar-refractivity contribution < 1.29 is 17.9 Å². The number of thiazole rings is 1. The van der Waals surface area contributed by atoms with Crippen LogP contribution in [0.15, 0.2) is 52.4 Å². The first-order chi connectivity index (χ1) is 15.8. The second-order valence-electron chi connectivity index (χ2n) is 8.14. The molecule has 10 heteroatoms. The normalized spacial score (nSPS) is 16.5. The molecule has 7 nitrogen and oxygen atoms in total. The Hall–Kier alpha value is -2.04. The lowest BCUT2D eigenvalue weighted by atomic mass is 10.0. The van der Waals surface area contributed by atoms with Gasteiger partial charge in [0.2, 0.25) is 10.0 Å². The van der Waals surface area contributed by atoms with Crippen molar-refractivity contribution >= 4 is 49.1 Å². The predicted molar refractivity (Wildman–Crippen MR) is 130 cm³/mol. The number of carbonyl (C=O) groups is 1. The van der Waals surface area contributed by atoms with E-state index >= 15 is 0 Å². The number of methoxy groups -OCH3 is 1. The zero-order valence-electron chi connectivity index (χ0n) is 18.5. The lowest BCUT2D eigenvalue weighted by Gasteiger charge is -2.29. The van der Waals surface area contributed by atoms with Gasteiger partial charge >= 0.3 is 0 Å². The highest BCUT2D eigenvalue weighted by Gasteiger charge is 2.28. The number of hydrogen-bond donors (Lipinski definition) is 0. The Kier molecular flexibility index (Phi) is 7.35. The second-order valence-corrected chi connectivity index (χ2v) is 11.5. The van der Waals surface area contributed by atoms with E-state index in [4.69, 9.17) is 16.3 Å². The maximum atomic E-state index is 12.9. The number of fused-ring (bicyclic) bond motifs is 1. The van der Waals surface area contributed by atoms with E-state index in [1.807, 2.05) is 16.7 Å². The van der Waals surface area contributed by atoms with Crippen LogP contribution >= 0.6 is 22.9 Å². The van der Waals surface area contributed by atoms with Crippen LogP contribution in [0.2, 0.25) is 5.02 Å². The Morgan fingerprint density at radius 2 is 1.88 bits per heavy atom. The molecule has 4 rings (SSSR count). The van der Waals surface area contributed by atoms with Gasteiger partial charge in [-0.1, -0.05) is 35.9 Å². The van der Waals surface area contributed by atoms with Gasteiger partial charge in [0.15, 0.2) is 4.80 Å². The van der Waals surface area contributed by atoms with E-state index in [2.05, 4.69) is 11.9 Å². The van der Waals surface area contributed by atoms with Gasteiger partial charge in [-0.25, -0.2) is 8.42 Å². The molecule has 0 radical (unpaired) electrons. The first-order valence-electron chi connectivity index (χ1n) is 10.8. The predicted octanol–water partition coefficient (Wildman–Crippen LogP) is 4.16. The number of sulfonamides is 1. The zero-order chi connectivity index (χ0) is 23.6. The van der Waals surface area contributed by atoms with Crippen molar-refractivity contribution in [3.63, 3.8) is 0 Å². The molecule has 2 aromatic carbocycles.